The summed E-state index contributed by atoms with van der Waals surface area (Å²) in [6.45, 7) is 0.585. The normalized spacial score (nSPS) is 15.7. The molecule has 1 aromatic rings. The van der Waals surface area contributed by atoms with E-state index in [9.17, 15) is 18.0 Å². The summed E-state index contributed by atoms with van der Waals surface area (Å²) in [7, 11) is -3.72. The molecule has 8 nitrogen and oxygen atoms in total. The van der Waals surface area contributed by atoms with E-state index >= 15 is 0 Å². The largest absolute Gasteiger partial charge is 0.480 e. The minimum Gasteiger partial charge on any atom is -0.480 e. The van der Waals surface area contributed by atoms with Crippen LogP contribution in [0.15, 0.2) is 29.2 Å². The van der Waals surface area contributed by atoms with Crippen LogP contribution in [-0.2, 0) is 19.6 Å². The number of ether oxygens (including phenoxy) is 1. The molecule has 0 radical (unpaired) electrons. The van der Waals surface area contributed by atoms with Crippen molar-refractivity contribution >= 4 is 21.9 Å². The van der Waals surface area contributed by atoms with Crippen LogP contribution in [0.25, 0.3) is 0 Å². The fourth-order valence-electron chi connectivity index (χ4n) is 2.61. The Kier molecular flexibility index (Phi) is 6.91. The predicted octanol–water partition coefficient (Wildman–Crippen LogP) is 0.692. The fraction of sp³-hybridized carbons (Fsp3) is 0.500. The van der Waals surface area contributed by atoms with E-state index in [1.54, 1.807) is 12.1 Å². The molecule has 1 aromatic carbocycles. The first-order valence-corrected chi connectivity index (χ1v) is 9.54. The van der Waals surface area contributed by atoms with Gasteiger partial charge in [0, 0.05) is 19.6 Å². The number of hydrogen-bond donors (Lipinski definition) is 2. The molecule has 0 aliphatic carbocycles. The Bertz CT molecular complexity index is 713. The Balaban J connectivity index is 2.06. The number of rotatable bonds is 8. The lowest BCUT2D eigenvalue weighted by molar-refractivity contribution is -0.142. The van der Waals surface area contributed by atoms with Crippen LogP contribution in [-0.4, -0.2) is 62.6 Å². The van der Waals surface area contributed by atoms with E-state index in [4.69, 9.17) is 9.84 Å². The van der Waals surface area contributed by atoms with Gasteiger partial charge in [-0.15, -0.1) is 0 Å². The highest BCUT2D eigenvalue weighted by molar-refractivity contribution is 7.89. The van der Waals surface area contributed by atoms with Gasteiger partial charge in [0.2, 0.25) is 10.0 Å². The summed E-state index contributed by atoms with van der Waals surface area (Å²) >= 11 is 0. The molecule has 1 amide bonds. The molecule has 2 rings (SSSR count). The predicted molar refractivity (Wildman–Crippen MR) is 89.8 cm³/mol. The van der Waals surface area contributed by atoms with Gasteiger partial charge >= 0.3 is 5.97 Å². The van der Waals surface area contributed by atoms with Gasteiger partial charge < -0.3 is 15.2 Å². The van der Waals surface area contributed by atoms with Crippen molar-refractivity contribution in [3.05, 3.63) is 29.8 Å². The highest BCUT2D eigenvalue weighted by atomic mass is 32.2. The minimum absolute atomic E-state index is 0.0131. The SMILES string of the molecule is O=C(O)COCCNC(=O)c1ccccc1S(=O)(=O)N1CCCCC1. The average Bonchev–Trinajstić information content (AvgIpc) is 2.61. The monoisotopic (exact) mass is 370 g/mol. The number of sulfonamides is 1. The smallest absolute Gasteiger partial charge is 0.329 e. The van der Waals surface area contributed by atoms with Crippen molar-refractivity contribution in [2.45, 2.75) is 24.2 Å². The molecule has 1 aliphatic rings. The molecule has 0 bridgehead atoms. The molecule has 0 saturated carbocycles. The van der Waals surface area contributed by atoms with Gasteiger partial charge in [-0.1, -0.05) is 18.6 Å². The maximum Gasteiger partial charge on any atom is 0.329 e. The quantitative estimate of drug-likeness (QED) is 0.651. The first kappa shape index (κ1) is 19.4. The summed E-state index contributed by atoms with van der Waals surface area (Å²) in [4.78, 5) is 22.7. The van der Waals surface area contributed by atoms with Crippen LogP contribution >= 0.6 is 0 Å². The molecule has 9 heteroatoms. The lowest BCUT2D eigenvalue weighted by atomic mass is 10.2. The third kappa shape index (κ3) is 5.25. The highest BCUT2D eigenvalue weighted by Crippen LogP contribution is 2.23. The van der Waals surface area contributed by atoms with Crippen molar-refractivity contribution < 1.29 is 27.9 Å². The third-order valence-electron chi connectivity index (χ3n) is 3.82. The van der Waals surface area contributed by atoms with Crippen molar-refractivity contribution in [1.29, 1.82) is 0 Å². The summed E-state index contributed by atoms with van der Waals surface area (Å²) < 4.78 is 31.9. The molecule has 1 saturated heterocycles. The zero-order valence-corrected chi connectivity index (χ0v) is 14.6. The standard InChI is InChI=1S/C16H22N2O6S/c19-15(20)12-24-11-8-17-16(21)13-6-2-3-7-14(13)25(22,23)18-9-4-1-5-10-18/h2-3,6-7H,1,4-5,8-12H2,(H,17,21)(H,19,20). The fourth-order valence-corrected chi connectivity index (χ4v) is 4.32. The number of nitrogens with one attached hydrogen (secondary N) is 1. The summed E-state index contributed by atoms with van der Waals surface area (Å²) in [6.07, 6.45) is 2.63. The zero-order chi connectivity index (χ0) is 18.3. The maximum absolute atomic E-state index is 12.8. The molecule has 0 aromatic heterocycles. The van der Waals surface area contributed by atoms with Gasteiger partial charge in [-0.25, -0.2) is 13.2 Å². The number of carbonyl (C=O) groups excluding carboxylic acids is 1. The van der Waals surface area contributed by atoms with Crippen LogP contribution in [0.1, 0.15) is 29.6 Å². The molecule has 0 atom stereocenters. The lowest BCUT2D eigenvalue weighted by Crippen LogP contribution is -2.37. The molecule has 0 unspecified atom stereocenters. The number of amides is 1. The summed E-state index contributed by atoms with van der Waals surface area (Å²) in [5.74, 6) is -1.63. The van der Waals surface area contributed by atoms with Crippen molar-refractivity contribution in [2.75, 3.05) is 32.8 Å². The molecule has 1 heterocycles. The summed E-state index contributed by atoms with van der Waals surface area (Å²) in [6, 6.07) is 6.08. The second-order valence-electron chi connectivity index (χ2n) is 5.66. The third-order valence-corrected chi connectivity index (χ3v) is 5.78. The molecule has 1 fully saturated rings. The van der Waals surface area contributed by atoms with E-state index in [1.165, 1.54) is 16.4 Å². The van der Waals surface area contributed by atoms with Crippen LogP contribution in [0.2, 0.25) is 0 Å². The lowest BCUT2D eigenvalue weighted by Gasteiger charge is -2.26. The van der Waals surface area contributed by atoms with Gasteiger partial charge in [-0.3, -0.25) is 4.79 Å². The highest BCUT2D eigenvalue weighted by Gasteiger charge is 2.29. The van der Waals surface area contributed by atoms with Crippen LogP contribution in [0.3, 0.4) is 0 Å². The van der Waals surface area contributed by atoms with Crippen molar-refractivity contribution in [3.8, 4) is 0 Å². The number of hydrogen-bond acceptors (Lipinski definition) is 5. The molecule has 1 aliphatic heterocycles. The molecular formula is C16H22N2O6S. The Hall–Kier alpha value is -1.97. The number of carbonyl (C=O) groups is 2. The number of piperidine rings is 1. The number of carboxylic acids is 1. The van der Waals surface area contributed by atoms with Gasteiger partial charge in [0.05, 0.1) is 17.1 Å². The molecule has 2 N–H and O–H groups in total. The topological polar surface area (TPSA) is 113 Å². The van der Waals surface area contributed by atoms with Crippen molar-refractivity contribution in [3.63, 3.8) is 0 Å². The second kappa shape index (κ2) is 8.93. The number of nitrogens with zero attached hydrogens (tertiary/aromatic N) is 1. The molecule has 0 spiro atoms. The van der Waals surface area contributed by atoms with Gasteiger partial charge in [-0.2, -0.15) is 4.31 Å². The zero-order valence-electron chi connectivity index (χ0n) is 13.8. The van der Waals surface area contributed by atoms with Gasteiger partial charge in [0.25, 0.3) is 5.91 Å². The van der Waals surface area contributed by atoms with Gasteiger partial charge in [-0.05, 0) is 25.0 Å². The van der Waals surface area contributed by atoms with E-state index in [1.807, 2.05) is 0 Å². The van der Waals surface area contributed by atoms with E-state index in [2.05, 4.69) is 5.32 Å². The van der Waals surface area contributed by atoms with Crippen LogP contribution in [0, 0.1) is 0 Å². The minimum atomic E-state index is -3.72. The van der Waals surface area contributed by atoms with Crippen molar-refractivity contribution in [2.24, 2.45) is 0 Å². The first-order chi connectivity index (χ1) is 11.9. The van der Waals surface area contributed by atoms with Crippen LogP contribution < -0.4 is 5.32 Å². The van der Waals surface area contributed by atoms with Gasteiger partial charge in [0.15, 0.2) is 0 Å². The Morgan fingerprint density at radius 1 is 1.16 bits per heavy atom. The van der Waals surface area contributed by atoms with E-state index < -0.39 is 28.5 Å². The van der Waals surface area contributed by atoms with E-state index in [-0.39, 0.29) is 23.6 Å². The Labute approximate surface area is 146 Å². The molecule has 138 valence electrons. The summed E-state index contributed by atoms with van der Waals surface area (Å²) in [5, 5.41) is 11.0. The van der Waals surface area contributed by atoms with Gasteiger partial charge in [0.1, 0.15) is 6.61 Å². The average molecular weight is 370 g/mol. The Morgan fingerprint density at radius 2 is 1.84 bits per heavy atom. The Morgan fingerprint density at radius 3 is 2.52 bits per heavy atom. The number of aliphatic carboxylic acids is 1. The van der Waals surface area contributed by atoms with E-state index in [0.717, 1.165) is 19.3 Å². The second-order valence-corrected chi connectivity index (χ2v) is 7.57. The van der Waals surface area contributed by atoms with Crippen LogP contribution in [0.5, 0.6) is 0 Å². The first-order valence-electron chi connectivity index (χ1n) is 8.10. The van der Waals surface area contributed by atoms with Crippen molar-refractivity contribution in [1.82, 2.24) is 9.62 Å². The van der Waals surface area contributed by atoms with E-state index in [0.29, 0.717) is 13.1 Å². The number of carboxylic acid groups (broad SMARTS) is 1. The van der Waals surface area contributed by atoms with Crippen LogP contribution in [0.4, 0.5) is 0 Å². The maximum atomic E-state index is 12.8. The number of benzene rings is 1. The molecular weight excluding hydrogens is 348 g/mol. The molecule has 25 heavy (non-hydrogen) atoms. The summed E-state index contributed by atoms with van der Waals surface area (Å²) in [5.41, 5.74) is 0.0753.